The summed E-state index contributed by atoms with van der Waals surface area (Å²) in [5.41, 5.74) is 2.26. The summed E-state index contributed by atoms with van der Waals surface area (Å²) >= 11 is 0. The zero-order valence-corrected chi connectivity index (χ0v) is 13.9. The van der Waals surface area contributed by atoms with E-state index in [1.807, 2.05) is 12.1 Å². The number of carbonyl (C=O) groups excluding carboxylic acids is 1. The van der Waals surface area contributed by atoms with Crippen molar-refractivity contribution in [2.24, 2.45) is 5.92 Å². The summed E-state index contributed by atoms with van der Waals surface area (Å²) in [6, 6.07) is 8.08. The molecule has 1 rings (SSSR count). The van der Waals surface area contributed by atoms with Gasteiger partial charge < -0.3 is 5.32 Å². The second-order valence-electron chi connectivity index (χ2n) is 5.92. The fourth-order valence-electron chi connectivity index (χ4n) is 2.07. The summed E-state index contributed by atoms with van der Waals surface area (Å²) in [5, 5.41) is 2.75. The van der Waals surface area contributed by atoms with Gasteiger partial charge in [0.25, 0.3) is 0 Å². The van der Waals surface area contributed by atoms with Crippen LogP contribution in [0.3, 0.4) is 0 Å². The Bertz CT molecular complexity index is 547. The second kappa shape index (κ2) is 8.17. The van der Waals surface area contributed by atoms with Crippen LogP contribution in [0.5, 0.6) is 0 Å². The molecule has 4 nitrogen and oxygen atoms in total. The highest BCUT2D eigenvalue weighted by Gasteiger charge is 2.05. The summed E-state index contributed by atoms with van der Waals surface area (Å²) < 4.78 is 21.9. The number of hydrogen-bond donors (Lipinski definition) is 1. The first-order valence-electron chi connectivity index (χ1n) is 7.28. The first kappa shape index (κ1) is 17.7. The maximum absolute atomic E-state index is 11.7. The number of benzene rings is 1. The molecule has 21 heavy (non-hydrogen) atoms. The van der Waals surface area contributed by atoms with Gasteiger partial charge in [-0.2, -0.15) is 0 Å². The normalized spacial score (nSPS) is 11.6. The van der Waals surface area contributed by atoms with Crippen LogP contribution < -0.4 is 5.32 Å². The number of rotatable bonds is 8. The second-order valence-corrected chi connectivity index (χ2v) is 8.18. The number of nitrogens with one attached hydrogen (secondary N) is 1. The SMILES string of the molecule is CC(C)Cc1ccc(CC(=O)NCCCS(C)(=O)=O)cc1. The molecule has 0 aliphatic rings. The van der Waals surface area contributed by atoms with Crippen molar-refractivity contribution in [2.45, 2.75) is 33.1 Å². The quantitative estimate of drug-likeness (QED) is 0.747. The molecule has 0 spiro atoms. The standard InChI is InChI=1S/C16H25NO3S/c1-13(2)11-14-5-7-15(8-6-14)12-16(18)17-9-4-10-21(3,19)20/h5-8,13H,4,9-12H2,1-3H3,(H,17,18). The van der Waals surface area contributed by atoms with Crippen LogP contribution >= 0.6 is 0 Å². The fraction of sp³-hybridized carbons (Fsp3) is 0.562. The Hall–Kier alpha value is -1.36. The van der Waals surface area contributed by atoms with Crippen molar-refractivity contribution in [2.75, 3.05) is 18.6 Å². The topological polar surface area (TPSA) is 63.2 Å². The lowest BCUT2D eigenvalue weighted by Crippen LogP contribution is -2.27. The Morgan fingerprint density at radius 3 is 2.24 bits per heavy atom. The predicted molar refractivity (Wildman–Crippen MR) is 86.0 cm³/mol. The number of sulfone groups is 1. The summed E-state index contributed by atoms with van der Waals surface area (Å²) in [6.07, 6.45) is 3.03. The molecular formula is C16H25NO3S. The van der Waals surface area contributed by atoms with E-state index >= 15 is 0 Å². The van der Waals surface area contributed by atoms with E-state index in [0.717, 1.165) is 12.0 Å². The van der Waals surface area contributed by atoms with Gasteiger partial charge in [0.05, 0.1) is 12.2 Å². The van der Waals surface area contributed by atoms with Gasteiger partial charge in [-0.05, 0) is 29.9 Å². The molecule has 0 saturated heterocycles. The summed E-state index contributed by atoms with van der Waals surface area (Å²) in [6.45, 7) is 4.76. The zero-order valence-electron chi connectivity index (χ0n) is 13.1. The van der Waals surface area contributed by atoms with E-state index in [1.165, 1.54) is 11.8 Å². The van der Waals surface area contributed by atoms with Gasteiger partial charge in [0.15, 0.2) is 0 Å². The molecular weight excluding hydrogens is 286 g/mol. The monoisotopic (exact) mass is 311 g/mol. The van der Waals surface area contributed by atoms with Gasteiger partial charge in [-0.3, -0.25) is 4.79 Å². The summed E-state index contributed by atoms with van der Waals surface area (Å²) in [4.78, 5) is 11.7. The summed E-state index contributed by atoms with van der Waals surface area (Å²) in [7, 11) is -2.95. The van der Waals surface area contributed by atoms with E-state index in [9.17, 15) is 13.2 Å². The number of hydrogen-bond acceptors (Lipinski definition) is 3. The molecule has 0 aliphatic heterocycles. The molecule has 0 fully saturated rings. The van der Waals surface area contributed by atoms with Crippen molar-refractivity contribution >= 4 is 15.7 Å². The van der Waals surface area contributed by atoms with Gasteiger partial charge in [-0.1, -0.05) is 38.1 Å². The lowest BCUT2D eigenvalue weighted by Gasteiger charge is -2.07. The third-order valence-corrected chi connectivity index (χ3v) is 4.08. The van der Waals surface area contributed by atoms with Crippen LogP contribution in [0.15, 0.2) is 24.3 Å². The van der Waals surface area contributed by atoms with Crippen molar-refractivity contribution in [1.82, 2.24) is 5.32 Å². The molecule has 0 atom stereocenters. The minimum atomic E-state index is -2.95. The lowest BCUT2D eigenvalue weighted by atomic mass is 10.0. The Kier molecular flexibility index (Phi) is 6.89. The van der Waals surface area contributed by atoms with Gasteiger partial charge in [0.1, 0.15) is 9.84 Å². The maximum Gasteiger partial charge on any atom is 0.224 e. The molecule has 0 aromatic heterocycles. The Balaban J connectivity index is 2.34. The van der Waals surface area contributed by atoms with E-state index in [0.29, 0.717) is 25.3 Å². The summed E-state index contributed by atoms with van der Waals surface area (Å²) in [5.74, 6) is 0.658. The van der Waals surface area contributed by atoms with Gasteiger partial charge in [-0.25, -0.2) is 8.42 Å². The van der Waals surface area contributed by atoms with Crippen LogP contribution in [-0.2, 0) is 27.5 Å². The minimum Gasteiger partial charge on any atom is -0.356 e. The molecule has 118 valence electrons. The lowest BCUT2D eigenvalue weighted by molar-refractivity contribution is -0.120. The van der Waals surface area contributed by atoms with Crippen LogP contribution in [-0.4, -0.2) is 32.9 Å². The predicted octanol–water partition coefficient (Wildman–Crippen LogP) is 1.98. The first-order valence-corrected chi connectivity index (χ1v) is 9.34. The minimum absolute atomic E-state index is 0.0693. The molecule has 0 unspecified atom stereocenters. The van der Waals surface area contributed by atoms with E-state index in [4.69, 9.17) is 0 Å². The molecule has 0 aliphatic carbocycles. The largest absolute Gasteiger partial charge is 0.356 e. The number of amides is 1. The van der Waals surface area contributed by atoms with Crippen molar-refractivity contribution in [1.29, 1.82) is 0 Å². The van der Waals surface area contributed by atoms with Gasteiger partial charge in [0, 0.05) is 12.8 Å². The highest BCUT2D eigenvalue weighted by molar-refractivity contribution is 7.90. The molecule has 1 aromatic rings. The van der Waals surface area contributed by atoms with Crippen LogP contribution in [0.4, 0.5) is 0 Å². The third-order valence-electron chi connectivity index (χ3n) is 3.05. The van der Waals surface area contributed by atoms with Crippen LogP contribution in [0.2, 0.25) is 0 Å². The van der Waals surface area contributed by atoms with E-state index in [2.05, 4.69) is 31.3 Å². The average Bonchev–Trinajstić information content (AvgIpc) is 2.35. The number of carbonyl (C=O) groups is 1. The molecule has 1 N–H and O–H groups in total. The van der Waals surface area contributed by atoms with Crippen LogP contribution in [0.25, 0.3) is 0 Å². The molecule has 0 bridgehead atoms. The van der Waals surface area contributed by atoms with Crippen LogP contribution in [0, 0.1) is 5.92 Å². The molecule has 0 heterocycles. The maximum atomic E-state index is 11.7. The molecule has 0 saturated carbocycles. The Morgan fingerprint density at radius 1 is 1.14 bits per heavy atom. The Morgan fingerprint density at radius 2 is 1.71 bits per heavy atom. The van der Waals surface area contributed by atoms with E-state index < -0.39 is 9.84 Å². The average molecular weight is 311 g/mol. The van der Waals surface area contributed by atoms with E-state index in [-0.39, 0.29) is 11.7 Å². The first-order chi connectivity index (χ1) is 9.76. The van der Waals surface area contributed by atoms with Crippen molar-refractivity contribution in [3.8, 4) is 0 Å². The van der Waals surface area contributed by atoms with Crippen LogP contribution in [0.1, 0.15) is 31.4 Å². The van der Waals surface area contributed by atoms with Gasteiger partial charge in [0.2, 0.25) is 5.91 Å². The fourth-order valence-corrected chi connectivity index (χ4v) is 2.74. The van der Waals surface area contributed by atoms with Gasteiger partial charge >= 0.3 is 0 Å². The van der Waals surface area contributed by atoms with Crippen molar-refractivity contribution < 1.29 is 13.2 Å². The Labute approximate surface area is 127 Å². The van der Waals surface area contributed by atoms with E-state index in [1.54, 1.807) is 0 Å². The van der Waals surface area contributed by atoms with Crippen molar-refractivity contribution in [3.05, 3.63) is 35.4 Å². The zero-order chi connectivity index (χ0) is 15.9. The highest BCUT2D eigenvalue weighted by atomic mass is 32.2. The molecule has 5 heteroatoms. The van der Waals surface area contributed by atoms with Gasteiger partial charge in [-0.15, -0.1) is 0 Å². The smallest absolute Gasteiger partial charge is 0.224 e. The molecule has 1 amide bonds. The third kappa shape index (κ3) is 8.50. The molecule has 0 radical (unpaired) electrons. The highest BCUT2D eigenvalue weighted by Crippen LogP contribution is 2.10. The van der Waals surface area contributed by atoms with Crippen molar-refractivity contribution in [3.63, 3.8) is 0 Å². The molecule has 1 aromatic carbocycles.